The number of nitrogens with zero attached hydrogens (tertiary/aromatic N) is 1. The monoisotopic (exact) mass is 264 g/mol. The van der Waals surface area contributed by atoms with Crippen molar-refractivity contribution in [3.63, 3.8) is 0 Å². The fourth-order valence-corrected chi connectivity index (χ4v) is 1.17. The number of carbonyl (C=O) groups excluding carboxylic acids is 1. The molecule has 0 amide bonds. The zero-order valence-corrected chi connectivity index (χ0v) is 9.19. The Hall–Kier alpha value is -0.321. The van der Waals surface area contributed by atoms with Gasteiger partial charge < -0.3 is 0 Å². The molecular formula is C6H11F3N2OSe. The third kappa shape index (κ3) is 14.5. The van der Waals surface area contributed by atoms with Gasteiger partial charge in [-0.05, 0) is 0 Å². The van der Waals surface area contributed by atoms with Gasteiger partial charge in [-0.3, -0.25) is 0 Å². The largest absolute Gasteiger partial charge is 0.379 e. The van der Waals surface area contributed by atoms with Gasteiger partial charge in [-0.1, -0.05) is 0 Å². The summed E-state index contributed by atoms with van der Waals surface area (Å²) in [6, 6.07) is 0. The first-order valence-electron chi connectivity index (χ1n) is 3.14. The molecule has 1 N–H and O–H groups in total. The molecule has 0 unspecified atom stereocenters. The average Bonchev–Trinajstić information content (AvgIpc) is 1.98. The first-order valence-corrected chi connectivity index (χ1v) is 4.85. The predicted octanol–water partition coefficient (Wildman–Crippen LogP) is -0.195. The van der Waals surface area contributed by atoms with Gasteiger partial charge in [0, 0.05) is 0 Å². The SMILES string of the molecule is CNC(=[Se]=C=O)N(C)C.FC(F)F. The van der Waals surface area contributed by atoms with Gasteiger partial charge in [0.1, 0.15) is 0 Å². The molecule has 0 radical (unpaired) electrons. The van der Waals surface area contributed by atoms with E-state index >= 15 is 0 Å². The summed E-state index contributed by atoms with van der Waals surface area (Å²) in [5.74, 6) is 0. The number of rotatable bonds is 2. The second-order valence-electron chi connectivity index (χ2n) is 1.88. The normalized spacial score (nSPS) is 8.92. The van der Waals surface area contributed by atoms with E-state index in [1.807, 2.05) is 23.8 Å². The van der Waals surface area contributed by atoms with Gasteiger partial charge in [-0.2, -0.15) is 13.2 Å². The molecule has 0 aromatic rings. The van der Waals surface area contributed by atoms with Gasteiger partial charge in [0.25, 0.3) is 0 Å². The molecule has 0 aliphatic carbocycles. The summed E-state index contributed by atoms with van der Waals surface area (Å²) in [7, 11) is 5.59. The molecular weight excluding hydrogens is 252 g/mol. The molecule has 0 aromatic carbocycles. The molecule has 0 bridgehead atoms. The molecule has 0 aromatic heterocycles. The van der Waals surface area contributed by atoms with Crippen LogP contribution in [-0.4, -0.2) is 56.3 Å². The van der Waals surface area contributed by atoms with Crippen LogP contribution in [0, 0.1) is 0 Å². The Morgan fingerprint density at radius 3 is 1.92 bits per heavy atom. The van der Waals surface area contributed by atoms with E-state index in [4.69, 9.17) is 0 Å². The van der Waals surface area contributed by atoms with Gasteiger partial charge in [-0.25, -0.2) is 0 Å². The number of hydrogen-bond donors (Lipinski definition) is 1. The van der Waals surface area contributed by atoms with E-state index in [1.165, 1.54) is 0 Å². The van der Waals surface area contributed by atoms with E-state index in [1.54, 1.807) is 7.05 Å². The average molecular weight is 263 g/mol. The quantitative estimate of drug-likeness (QED) is 0.701. The van der Waals surface area contributed by atoms with Crippen molar-refractivity contribution < 1.29 is 18.0 Å². The maximum Gasteiger partial charge on any atom is 0.379 e. The number of alkyl halides is 3. The fraction of sp³-hybridized carbons (Fsp3) is 0.667. The van der Waals surface area contributed by atoms with E-state index in [0.29, 0.717) is 0 Å². The predicted molar refractivity (Wildman–Crippen MR) is 46.3 cm³/mol. The molecule has 78 valence electrons. The molecule has 0 aliphatic heterocycles. The summed E-state index contributed by atoms with van der Waals surface area (Å²) in [6.07, 6.45) is 0. The van der Waals surface area contributed by atoms with E-state index in [0.717, 1.165) is 4.67 Å². The van der Waals surface area contributed by atoms with Crippen LogP contribution in [0.2, 0.25) is 0 Å². The molecule has 13 heavy (non-hydrogen) atoms. The minimum atomic E-state index is -3.67. The zero-order chi connectivity index (χ0) is 10.9. The van der Waals surface area contributed by atoms with Crippen LogP contribution in [0.4, 0.5) is 13.2 Å². The van der Waals surface area contributed by atoms with Crippen molar-refractivity contribution in [3.8, 4) is 0 Å². The zero-order valence-electron chi connectivity index (χ0n) is 7.47. The second-order valence-corrected chi connectivity index (χ2v) is 3.47. The fourth-order valence-electron chi connectivity index (χ4n) is 0.405. The molecule has 0 saturated heterocycles. The summed E-state index contributed by atoms with van der Waals surface area (Å²) in [5, 5.41) is 2.91. The number of hydrogen-bond acceptors (Lipinski definition) is 3. The maximum atomic E-state index is 9.89. The van der Waals surface area contributed by atoms with Crippen LogP contribution >= 0.6 is 0 Å². The third-order valence-corrected chi connectivity index (χ3v) is 2.53. The Bertz CT molecular complexity index is 207. The van der Waals surface area contributed by atoms with Crippen LogP contribution in [-0.2, 0) is 4.79 Å². The van der Waals surface area contributed by atoms with E-state index in [2.05, 4.69) is 5.32 Å². The molecule has 0 aliphatic rings. The molecule has 0 atom stereocenters. The first-order chi connectivity index (χ1) is 5.95. The van der Waals surface area contributed by atoms with Gasteiger partial charge in [-0.15, -0.1) is 0 Å². The Labute approximate surface area is 80.1 Å². The number of halogens is 3. The van der Waals surface area contributed by atoms with Crippen LogP contribution in [0.25, 0.3) is 0 Å². The van der Waals surface area contributed by atoms with E-state index in [9.17, 15) is 18.0 Å². The summed E-state index contributed by atoms with van der Waals surface area (Å²) >= 11 is -0.168. The minimum absolute atomic E-state index is 0.168. The van der Waals surface area contributed by atoms with Crippen molar-refractivity contribution in [2.75, 3.05) is 21.1 Å². The van der Waals surface area contributed by atoms with Crippen LogP contribution in [0.1, 0.15) is 0 Å². The van der Waals surface area contributed by atoms with Gasteiger partial charge >= 0.3 is 66.4 Å². The van der Waals surface area contributed by atoms with Gasteiger partial charge in [0.2, 0.25) is 0 Å². The summed E-state index contributed by atoms with van der Waals surface area (Å²) in [4.78, 5) is 13.6. The van der Waals surface area contributed by atoms with Crippen molar-refractivity contribution in [3.05, 3.63) is 0 Å². The van der Waals surface area contributed by atoms with Crippen LogP contribution in [0.15, 0.2) is 0 Å². The Morgan fingerprint density at radius 2 is 1.85 bits per heavy atom. The third-order valence-electron chi connectivity index (χ3n) is 0.758. The van der Waals surface area contributed by atoms with Crippen LogP contribution in [0.3, 0.4) is 0 Å². The first kappa shape index (κ1) is 15.2. The molecule has 0 spiro atoms. The second kappa shape index (κ2) is 9.77. The van der Waals surface area contributed by atoms with Crippen LogP contribution in [0.5, 0.6) is 0 Å². The topological polar surface area (TPSA) is 32.3 Å². The van der Waals surface area contributed by atoms with Crippen molar-refractivity contribution >= 4 is 23.5 Å². The van der Waals surface area contributed by atoms with Gasteiger partial charge in [0.05, 0.1) is 0 Å². The van der Waals surface area contributed by atoms with Crippen molar-refractivity contribution in [1.82, 2.24) is 10.2 Å². The molecule has 3 nitrogen and oxygen atoms in total. The Kier molecular flexibility index (Phi) is 11.4. The van der Waals surface area contributed by atoms with Crippen molar-refractivity contribution in [1.29, 1.82) is 0 Å². The smallest absolute Gasteiger partial charge is 0.174 e. The Balaban J connectivity index is 0. The van der Waals surface area contributed by atoms with Crippen LogP contribution < -0.4 is 5.32 Å². The summed E-state index contributed by atoms with van der Waals surface area (Å²) in [6.45, 7) is -3.67. The number of nitrogens with one attached hydrogen (secondary N) is 1. The molecule has 0 fully saturated rings. The summed E-state index contributed by atoms with van der Waals surface area (Å²) < 4.78 is 29.9. The van der Waals surface area contributed by atoms with E-state index < -0.39 is 6.68 Å². The minimum Gasteiger partial charge on any atom is -0.174 e. The Morgan fingerprint density at radius 1 is 1.46 bits per heavy atom. The summed E-state index contributed by atoms with van der Waals surface area (Å²) in [5.41, 5.74) is 0. The van der Waals surface area contributed by atoms with E-state index in [-0.39, 0.29) is 14.1 Å². The molecule has 7 heteroatoms. The molecule has 0 rings (SSSR count). The molecule has 0 heterocycles. The molecule has 0 saturated carbocycles. The standard InChI is InChI=1S/C5H10N2OSe.CHF3/c1-6-5(7(2)3)9-4-8;2-1(3)4/h6H,1-3H3;1H. The maximum absolute atomic E-state index is 9.89. The van der Waals surface area contributed by atoms with Gasteiger partial charge in [0.15, 0.2) is 0 Å². The van der Waals surface area contributed by atoms with Crippen molar-refractivity contribution in [2.24, 2.45) is 0 Å². The van der Waals surface area contributed by atoms with Crippen molar-refractivity contribution in [2.45, 2.75) is 6.68 Å².